The number of benzene rings is 2. The molecule has 0 saturated carbocycles. The van der Waals surface area contributed by atoms with Crippen molar-refractivity contribution in [2.75, 3.05) is 32.6 Å². The molecule has 1 saturated heterocycles. The number of methoxy groups -OCH3 is 2. The maximum absolute atomic E-state index is 12.5. The zero-order chi connectivity index (χ0) is 18.5. The van der Waals surface area contributed by atoms with E-state index in [2.05, 4.69) is 26.1 Å². The average Bonchev–Trinajstić information content (AvgIpc) is 3.10. The lowest BCUT2D eigenvalue weighted by Gasteiger charge is -2.26. The van der Waals surface area contributed by atoms with Crippen molar-refractivity contribution in [2.45, 2.75) is 18.9 Å². The highest BCUT2D eigenvalue weighted by molar-refractivity contribution is 9.10. The molecule has 1 N–H and O–H groups in total. The molecule has 1 unspecified atom stereocenters. The Morgan fingerprint density at radius 2 is 2.04 bits per heavy atom. The summed E-state index contributed by atoms with van der Waals surface area (Å²) in [4.78, 5) is 14.7. The zero-order valence-electron chi connectivity index (χ0n) is 15.0. The Bertz CT molecular complexity index is 781. The molecule has 1 fully saturated rings. The maximum Gasteiger partial charge on any atom is 0.238 e. The fraction of sp³-hybridized carbons (Fsp3) is 0.350. The number of carbonyl (C=O) groups is 1. The molecule has 1 heterocycles. The van der Waals surface area contributed by atoms with Crippen molar-refractivity contribution in [2.24, 2.45) is 0 Å². The minimum Gasteiger partial charge on any atom is -0.497 e. The van der Waals surface area contributed by atoms with Crippen LogP contribution < -0.4 is 14.8 Å². The number of halogens is 1. The first-order chi connectivity index (χ1) is 12.6. The number of para-hydroxylation sites is 1. The number of hydrogen-bond donors (Lipinski definition) is 1. The van der Waals surface area contributed by atoms with Gasteiger partial charge in [0.15, 0.2) is 0 Å². The second kappa shape index (κ2) is 8.56. The molecule has 138 valence electrons. The van der Waals surface area contributed by atoms with Crippen LogP contribution in [0.2, 0.25) is 0 Å². The van der Waals surface area contributed by atoms with Gasteiger partial charge in [-0.3, -0.25) is 9.69 Å². The van der Waals surface area contributed by atoms with Crippen molar-refractivity contribution in [3.05, 3.63) is 52.5 Å². The minimum absolute atomic E-state index is 0.0173. The number of rotatable bonds is 6. The monoisotopic (exact) mass is 418 g/mol. The number of anilines is 1. The molecule has 1 aliphatic rings. The third-order valence-corrected chi connectivity index (χ3v) is 5.35. The van der Waals surface area contributed by atoms with Crippen LogP contribution in [0.4, 0.5) is 5.69 Å². The lowest BCUT2D eigenvalue weighted by atomic mass is 10.0. The van der Waals surface area contributed by atoms with Crippen LogP contribution in [-0.2, 0) is 4.79 Å². The SMILES string of the molecule is COc1ccc(C2CCCN2CC(=O)Nc2ccccc2Br)c(OC)c1. The van der Waals surface area contributed by atoms with Crippen LogP contribution in [0.1, 0.15) is 24.4 Å². The summed E-state index contributed by atoms with van der Waals surface area (Å²) in [5.74, 6) is 1.55. The number of hydrogen-bond acceptors (Lipinski definition) is 4. The maximum atomic E-state index is 12.5. The van der Waals surface area contributed by atoms with Gasteiger partial charge in [-0.2, -0.15) is 0 Å². The standard InChI is InChI=1S/C20H23BrN2O3/c1-25-14-9-10-15(19(12-14)26-2)18-8-5-11-23(18)13-20(24)22-17-7-4-3-6-16(17)21/h3-4,6-7,9-10,12,18H,5,8,11,13H2,1-2H3,(H,22,24). The lowest BCUT2D eigenvalue weighted by molar-refractivity contribution is -0.117. The molecule has 0 radical (unpaired) electrons. The van der Waals surface area contributed by atoms with Crippen molar-refractivity contribution in [1.82, 2.24) is 4.90 Å². The van der Waals surface area contributed by atoms with E-state index in [1.807, 2.05) is 42.5 Å². The Hall–Kier alpha value is -2.05. The molecular weight excluding hydrogens is 396 g/mol. The lowest BCUT2D eigenvalue weighted by Crippen LogP contribution is -2.33. The summed E-state index contributed by atoms with van der Waals surface area (Å²) in [6.07, 6.45) is 2.06. The van der Waals surface area contributed by atoms with E-state index in [9.17, 15) is 4.79 Å². The number of carbonyl (C=O) groups excluding carboxylic acids is 1. The predicted octanol–water partition coefficient (Wildman–Crippen LogP) is 4.24. The fourth-order valence-corrected chi connectivity index (χ4v) is 3.78. The average molecular weight is 419 g/mol. The van der Waals surface area contributed by atoms with E-state index in [1.165, 1.54) is 0 Å². The summed E-state index contributed by atoms with van der Waals surface area (Å²) in [6.45, 7) is 1.24. The molecule has 1 amide bonds. The van der Waals surface area contributed by atoms with Gasteiger partial charge in [0.05, 0.1) is 26.5 Å². The summed E-state index contributed by atoms with van der Waals surface area (Å²) in [6, 6.07) is 13.7. The Labute approximate surface area is 162 Å². The summed E-state index contributed by atoms with van der Waals surface area (Å²) in [5, 5.41) is 2.98. The van der Waals surface area contributed by atoms with Gasteiger partial charge < -0.3 is 14.8 Å². The van der Waals surface area contributed by atoms with Gasteiger partial charge in [0.2, 0.25) is 5.91 Å². The molecule has 5 nitrogen and oxygen atoms in total. The van der Waals surface area contributed by atoms with Crippen LogP contribution in [0.5, 0.6) is 11.5 Å². The molecule has 2 aromatic carbocycles. The van der Waals surface area contributed by atoms with Crippen molar-refractivity contribution < 1.29 is 14.3 Å². The van der Waals surface area contributed by atoms with Gasteiger partial charge >= 0.3 is 0 Å². The third kappa shape index (κ3) is 4.19. The quantitative estimate of drug-likeness (QED) is 0.761. The van der Waals surface area contributed by atoms with E-state index in [4.69, 9.17) is 9.47 Å². The number of likely N-dealkylation sites (tertiary alicyclic amines) is 1. The van der Waals surface area contributed by atoms with Gasteiger partial charge in [0, 0.05) is 22.1 Å². The molecule has 3 rings (SSSR count). The number of ether oxygens (including phenoxy) is 2. The summed E-state index contributed by atoms with van der Waals surface area (Å²) in [7, 11) is 3.31. The Morgan fingerprint density at radius 3 is 2.77 bits per heavy atom. The molecule has 0 aliphatic carbocycles. The predicted molar refractivity (Wildman–Crippen MR) is 106 cm³/mol. The first-order valence-corrected chi connectivity index (χ1v) is 9.42. The van der Waals surface area contributed by atoms with Gasteiger partial charge in [0.25, 0.3) is 0 Å². The summed E-state index contributed by atoms with van der Waals surface area (Å²) < 4.78 is 11.7. The minimum atomic E-state index is -0.0173. The second-order valence-electron chi connectivity index (χ2n) is 6.26. The summed E-state index contributed by atoms with van der Waals surface area (Å²) in [5.41, 5.74) is 1.88. The molecule has 1 atom stereocenters. The topological polar surface area (TPSA) is 50.8 Å². The molecule has 6 heteroatoms. The number of nitrogens with one attached hydrogen (secondary N) is 1. The number of nitrogens with zero attached hydrogens (tertiary/aromatic N) is 1. The van der Waals surface area contributed by atoms with Gasteiger partial charge in [-0.25, -0.2) is 0 Å². The van der Waals surface area contributed by atoms with Crippen LogP contribution in [0, 0.1) is 0 Å². The smallest absolute Gasteiger partial charge is 0.238 e. The first-order valence-electron chi connectivity index (χ1n) is 8.62. The van der Waals surface area contributed by atoms with Crippen LogP contribution in [0.3, 0.4) is 0 Å². The van der Waals surface area contributed by atoms with Crippen molar-refractivity contribution in [3.8, 4) is 11.5 Å². The molecule has 26 heavy (non-hydrogen) atoms. The van der Waals surface area contributed by atoms with E-state index < -0.39 is 0 Å². The van der Waals surface area contributed by atoms with Crippen LogP contribution in [0.15, 0.2) is 46.9 Å². The van der Waals surface area contributed by atoms with Crippen LogP contribution >= 0.6 is 15.9 Å². The van der Waals surface area contributed by atoms with Crippen molar-refractivity contribution in [3.63, 3.8) is 0 Å². The Morgan fingerprint density at radius 1 is 1.23 bits per heavy atom. The van der Waals surface area contributed by atoms with Gasteiger partial charge in [-0.1, -0.05) is 18.2 Å². The normalized spacial score (nSPS) is 17.1. The van der Waals surface area contributed by atoms with E-state index in [1.54, 1.807) is 14.2 Å². The third-order valence-electron chi connectivity index (χ3n) is 4.66. The number of amides is 1. The highest BCUT2D eigenvalue weighted by Crippen LogP contribution is 2.38. The van der Waals surface area contributed by atoms with Crippen molar-refractivity contribution >= 4 is 27.5 Å². The largest absolute Gasteiger partial charge is 0.497 e. The molecular formula is C20H23BrN2O3. The molecule has 0 aromatic heterocycles. The van der Waals surface area contributed by atoms with Crippen LogP contribution in [-0.4, -0.2) is 38.1 Å². The zero-order valence-corrected chi connectivity index (χ0v) is 16.6. The first kappa shape index (κ1) is 18.7. The fourth-order valence-electron chi connectivity index (χ4n) is 3.40. The van der Waals surface area contributed by atoms with Gasteiger partial charge in [0.1, 0.15) is 11.5 Å². The van der Waals surface area contributed by atoms with E-state index in [-0.39, 0.29) is 11.9 Å². The molecule has 0 spiro atoms. The van der Waals surface area contributed by atoms with E-state index in [0.717, 1.165) is 46.6 Å². The van der Waals surface area contributed by atoms with E-state index >= 15 is 0 Å². The van der Waals surface area contributed by atoms with Gasteiger partial charge in [-0.05, 0) is 53.5 Å². The highest BCUT2D eigenvalue weighted by Gasteiger charge is 2.30. The second-order valence-corrected chi connectivity index (χ2v) is 7.12. The van der Waals surface area contributed by atoms with Crippen molar-refractivity contribution in [1.29, 1.82) is 0 Å². The molecule has 0 bridgehead atoms. The molecule has 2 aromatic rings. The Kier molecular flexibility index (Phi) is 6.16. The van der Waals surface area contributed by atoms with Gasteiger partial charge in [-0.15, -0.1) is 0 Å². The molecule has 1 aliphatic heterocycles. The van der Waals surface area contributed by atoms with Crippen LogP contribution in [0.25, 0.3) is 0 Å². The van der Waals surface area contributed by atoms with E-state index in [0.29, 0.717) is 6.54 Å². The highest BCUT2D eigenvalue weighted by atomic mass is 79.9. The summed E-state index contributed by atoms with van der Waals surface area (Å²) >= 11 is 3.46. The Balaban J connectivity index is 1.72.